The third-order valence-electron chi connectivity index (χ3n) is 3.69. The molecule has 3 aromatic rings. The zero-order valence-electron chi connectivity index (χ0n) is 14.0. The summed E-state index contributed by atoms with van der Waals surface area (Å²) in [6.45, 7) is 1.93. The largest absolute Gasteiger partial charge is 0.347 e. The van der Waals surface area contributed by atoms with E-state index in [1.165, 1.54) is 16.9 Å². The number of aryl methyl sites for hydroxylation is 1. The van der Waals surface area contributed by atoms with Crippen LogP contribution in [-0.2, 0) is 16.6 Å². The molecule has 1 aromatic heterocycles. The van der Waals surface area contributed by atoms with Gasteiger partial charge in [-0.2, -0.15) is 9.90 Å². The van der Waals surface area contributed by atoms with Gasteiger partial charge >= 0.3 is 0 Å². The number of para-hydroxylation sites is 1. The Morgan fingerprint density at radius 2 is 1.73 bits per heavy atom. The van der Waals surface area contributed by atoms with Crippen molar-refractivity contribution in [2.24, 2.45) is 5.14 Å². The van der Waals surface area contributed by atoms with Gasteiger partial charge in [0.25, 0.3) is 5.91 Å². The molecule has 3 rings (SSSR count). The molecule has 0 atom stereocenters. The first kappa shape index (κ1) is 17.8. The summed E-state index contributed by atoms with van der Waals surface area (Å²) < 4.78 is 22.5. The summed E-state index contributed by atoms with van der Waals surface area (Å²) in [4.78, 5) is 13.8. The van der Waals surface area contributed by atoms with Crippen molar-refractivity contribution in [2.75, 3.05) is 0 Å². The SMILES string of the molecule is Cc1nn(-c2ccccc2)nc1C(=O)NCc1ccc(S(N)(=O)=O)cc1. The summed E-state index contributed by atoms with van der Waals surface area (Å²) >= 11 is 0. The highest BCUT2D eigenvalue weighted by atomic mass is 32.2. The van der Waals surface area contributed by atoms with Crippen LogP contribution >= 0.6 is 0 Å². The highest BCUT2D eigenvalue weighted by Crippen LogP contribution is 2.10. The van der Waals surface area contributed by atoms with E-state index in [0.29, 0.717) is 5.69 Å². The molecule has 0 unspecified atom stereocenters. The van der Waals surface area contributed by atoms with Crippen LogP contribution in [0.2, 0.25) is 0 Å². The molecule has 8 nitrogen and oxygen atoms in total. The molecule has 2 aromatic carbocycles. The molecule has 0 fully saturated rings. The lowest BCUT2D eigenvalue weighted by atomic mass is 10.2. The number of hydrogen-bond acceptors (Lipinski definition) is 5. The van der Waals surface area contributed by atoms with E-state index in [0.717, 1.165) is 11.3 Å². The zero-order chi connectivity index (χ0) is 18.7. The zero-order valence-corrected chi connectivity index (χ0v) is 14.8. The lowest BCUT2D eigenvalue weighted by Gasteiger charge is -2.05. The van der Waals surface area contributed by atoms with Gasteiger partial charge in [-0.3, -0.25) is 4.79 Å². The highest BCUT2D eigenvalue weighted by Gasteiger charge is 2.16. The van der Waals surface area contributed by atoms with Crippen molar-refractivity contribution in [1.29, 1.82) is 0 Å². The van der Waals surface area contributed by atoms with E-state index in [9.17, 15) is 13.2 Å². The highest BCUT2D eigenvalue weighted by molar-refractivity contribution is 7.89. The second-order valence-electron chi connectivity index (χ2n) is 5.63. The van der Waals surface area contributed by atoms with E-state index in [1.807, 2.05) is 30.3 Å². The average Bonchev–Trinajstić information content (AvgIpc) is 3.02. The molecule has 1 amide bonds. The minimum atomic E-state index is -3.73. The molecule has 134 valence electrons. The molecule has 0 aliphatic rings. The van der Waals surface area contributed by atoms with Gasteiger partial charge in [-0.15, -0.1) is 5.10 Å². The summed E-state index contributed by atoms with van der Waals surface area (Å²) in [5.41, 5.74) is 2.23. The lowest BCUT2D eigenvalue weighted by molar-refractivity contribution is 0.0945. The van der Waals surface area contributed by atoms with Crippen molar-refractivity contribution >= 4 is 15.9 Å². The Morgan fingerprint density at radius 1 is 1.08 bits per heavy atom. The van der Waals surface area contributed by atoms with Crippen LogP contribution in [0.15, 0.2) is 59.5 Å². The molecule has 0 aliphatic carbocycles. The fourth-order valence-corrected chi connectivity index (χ4v) is 2.84. The van der Waals surface area contributed by atoms with Crippen molar-refractivity contribution in [3.63, 3.8) is 0 Å². The van der Waals surface area contributed by atoms with Crippen molar-refractivity contribution in [3.05, 3.63) is 71.5 Å². The normalized spacial score (nSPS) is 11.3. The molecule has 26 heavy (non-hydrogen) atoms. The van der Waals surface area contributed by atoms with Gasteiger partial charge in [-0.25, -0.2) is 13.6 Å². The van der Waals surface area contributed by atoms with Gasteiger partial charge in [-0.05, 0) is 36.8 Å². The Bertz CT molecular complexity index is 1030. The first-order chi connectivity index (χ1) is 12.3. The van der Waals surface area contributed by atoms with Gasteiger partial charge in [0, 0.05) is 6.54 Å². The molecule has 1 heterocycles. The van der Waals surface area contributed by atoms with Crippen molar-refractivity contribution in [1.82, 2.24) is 20.3 Å². The molecule has 0 radical (unpaired) electrons. The maximum Gasteiger partial charge on any atom is 0.274 e. The van der Waals surface area contributed by atoms with Crippen LogP contribution in [0.1, 0.15) is 21.7 Å². The minimum absolute atomic E-state index is 0.0224. The molecule has 3 N–H and O–H groups in total. The summed E-state index contributed by atoms with van der Waals surface area (Å²) in [6, 6.07) is 15.3. The van der Waals surface area contributed by atoms with Crippen LogP contribution in [0.5, 0.6) is 0 Å². The number of rotatable bonds is 5. The van der Waals surface area contributed by atoms with Crippen LogP contribution in [0.25, 0.3) is 5.69 Å². The quantitative estimate of drug-likeness (QED) is 0.697. The van der Waals surface area contributed by atoms with Crippen LogP contribution in [0, 0.1) is 6.92 Å². The maximum atomic E-state index is 12.4. The Kier molecular flexibility index (Phi) is 4.83. The van der Waals surface area contributed by atoms with Crippen LogP contribution in [-0.4, -0.2) is 29.3 Å². The van der Waals surface area contributed by atoms with Crippen LogP contribution < -0.4 is 10.5 Å². The Labute approximate surface area is 150 Å². The number of primary sulfonamides is 1. The lowest BCUT2D eigenvalue weighted by Crippen LogP contribution is -2.24. The molecule has 9 heteroatoms. The van der Waals surface area contributed by atoms with E-state index >= 15 is 0 Å². The standard InChI is InChI=1S/C17H17N5O3S/c1-12-16(21-22(20-12)14-5-3-2-4-6-14)17(23)19-11-13-7-9-15(10-8-13)26(18,24)25/h2-10H,11H2,1H3,(H,19,23)(H2,18,24,25). The number of nitrogens with zero attached hydrogens (tertiary/aromatic N) is 3. The Morgan fingerprint density at radius 3 is 2.35 bits per heavy atom. The number of benzene rings is 2. The summed E-state index contributed by atoms with van der Waals surface area (Å²) in [7, 11) is -3.73. The van der Waals surface area contributed by atoms with E-state index in [-0.39, 0.29) is 23.0 Å². The Hall–Kier alpha value is -3.04. The molecule has 0 saturated carbocycles. The van der Waals surface area contributed by atoms with Gasteiger partial charge < -0.3 is 5.32 Å². The first-order valence-corrected chi connectivity index (χ1v) is 9.28. The molecular weight excluding hydrogens is 354 g/mol. The fraction of sp³-hybridized carbons (Fsp3) is 0.118. The molecule has 0 saturated heterocycles. The number of nitrogens with two attached hydrogens (primary N) is 1. The number of nitrogens with one attached hydrogen (secondary N) is 1. The third kappa shape index (κ3) is 3.95. The molecule has 0 spiro atoms. The first-order valence-electron chi connectivity index (χ1n) is 7.74. The number of carbonyl (C=O) groups is 1. The van der Waals surface area contributed by atoms with Crippen LogP contribution in [0.3, 0.4) is 0 Å². The van der Waals surface area contributed by atoms with E-state index in [2.05, 4.69) is 15.5 Å². The summed E-state index contributed by atoms with van der Waals surface area (Å²) in [5, 5.41) is 16.3. The van der Waals surface area contributed by atoms with E-state index in [4.69, 9.17) is 5.14 Å². The number of amides is 1. The number of hydrogen-bond donors (Lipinski definition) is 2. The molecular formula is C17H17N5O3S. The van der Waals surface area contributed by atoms with E-state index in [1.54, 1.807) is 19.1 Å². The second kappa shape index (κ2) is 7.06. The third-order valence-corrected chi connectivity index (χ3v) is 4.62. The van der Waals surface area contributed by atoms with Gasteiger partial charge in [-0.1, -0.05) is 30.3 Å². The van der Waals surface area contributed by atoms with Gasteiger partial charge in [0.2, 0.25) is 10.0 Å². The maximum absolute atomic E-state index is 12.4. The number of carbonyl (C=O) groups excluding carboxylic acids is 1. The van der Waals surface area contributed by atoms with E-state index < -0.39 is 10.0 Å². The summed E-state index contributed by atoms with van der Waals surface area (Å²) in [5.74, 6) is -0.361. The van der Waals surface area contributed by atoms with Crippen LogP contribution in [0.4, 0.5) is 0 Å². The minimum Gasteiger partial charge on any atom is -0.347 e. The summed E-state index contributed by atoms with van der Waals surface area (Å²) in [6.07, 6.45) is 0. The Balaban J connectivity index is 1.70. The predicted octanol–water partition coefficient (Wildman–Crippen LogP) is 1.15. The second-order valence-corrected chi connectivity index (χ2v) is 7.19. The predicted molar refractivity (Wildman–Crippen MR) is 95.1 cm³/mol. The number of sulfonamides is 1. The van der Waals surface area contributed by atoms with Crippen molar-refractivity contribution in [3.8, 4) is 5.69 Å². The fourth-order valence-electron chi connectivity index (χ4n) is 2.33. The van der Waals surface area contributed by atoms with Crippen molar-refractivity contribution < 1.29 is 13.2 Å². The smallest absolute Gasteiger partial charge is 0.274 e. The average molecular weight is 371 g/mol. The molecule has 0 aliphatic heterocycles. The van der Waals surface area contributed by atoms with Gasteiger partial charge in [0.15, 0.2) is 5.69 Å². The van der Waals surface area contributed by atoms with Crippen molar-refractivity contribution in [2.45, 2.75) is 18.4 Å². The number of aromatic nitrogens is 3. The van der Waals surface area contributed by atoms with Gasteiger partial charge in [0.1, 0.15) is 0 Å². The monoisotopic (exact) mass is 371 g/mol. The topological polar surface area (TPSA) is 120 Å². The molecule has 0 bridgehead atoms. The van der Waals surface area contributed by atoms with Gasteiger partial charge in [0.05, 0.1) is 16.3 Å².